The Morgan fingerprint density at radius 1 is 1.50 bits per heavy atom. The van der Waals surface area contributed by atoms with Crippen LogP contribution in [0.4, 0.5) is 4.39 Å². The molecule has 86 valence electrons. The monoisotopic (exact) mass is 285 g/mol. The molecule has 2 rings (SSSR count). The molecule has 0 aromatic heterocycles. The maximum absolute atomic E-state index is 13.0. The summed E-state index contributed by atoms with van der Waals surface area (Å²) in [6.07, 6.45) is 3.34. The highest BCUT2D eigenvalue weighted by Crippen LogP contribution is 2.25. The molecular formula is C12H13BrFNO. The average Bonchev–Trinajstić information content (AvgIpc) is 2.18. The van der Waals surface area contributed by atoms with Crippen LogP contribution in [0.15, 0.2) is 22.7 Å². The smallest absolute Gasteiger partial charge is 0.253 e. The minimum absolute atomic E-state index is 0.0367. The standard InChI is InChI=1S/C12H13BrFNO/c1-15(9-3-2-4-9)12(16)8-5-6-11(14)10(13)7-8/h5-7,9H,2-4H2,1H3. The summed E-state index contributed by atoms with van der Waals surface area (Å²) in [6.45, 7) is 0. The second kappa shape index (κ2) is 4.53. The highest BCUT2D eigenvalue weighted by Gasteiger charge is 2.26. The zero-order valence-corrected chi connectivity index (χ0v) is 10.6. The third kappa shape index (κ3) is 2.12. The molecule has 2 nitrogen and oxygen atoms in total. The SMILES string of the molecule is CN(C(=O)c1ccc(F)c(Br)c1)C1CCC1. The Balaban J connectivity index is 2.16. The number of amides is 1. The van der Waals surface area contributed by atoms with E-state index in [0.717, 1.165) is 12.8 Å². The Hall–Kier alpha value is -0.900. The molecule has 16 heavy (non-hydrogen) atoms. The lowest BCUT2D eigenvalue weighted by Gasteiger charge is -2.34. The molecule has 1 saturated carbocycles. The Labute approximate surface area is 103 Å². The van der Waals surface area contributed by atoms with Gasteiger partial charge in [-0.15, -0.1) is 0 Å². The van der Waals surface area contributed by atoms with Gasteiger partial charge in [-0.2, -0.15) is 0 Å². The molecule has 0 bridgehead atoms. The number of benzene rings is 1. The second-order valence-electron chi connectivity index (χ2n) is 4.13. The third-order valence-electron chi connectivity index (χ3n) is 3.11. The van der Waals surface area contributed by atoms with Crippen LogP contribution in [0.2, 0.25) is 0 Å². The number of hydrogen-bond acceptors (Lipinski definition) is 1. The van der Waals surface area contributed by atoms with Crippen LogP contribution in [0.3, 0.4) is 0 Å². The lowest BCUT2D eigenvalue weighted by molar-refractivity contribution is 0.0652. The predicted molar refractivity (Wildman–Crippen MR) is 63.8 cm³/mol. The molecule has 1 aliphatic carbocycles. The molecule has 0 radical (unpaired) electrons. The number of carbonyl (C=O) groups excluding carboxylic acids is 1. The number of carbonyl (C=O) groups is 1. The van der Waals surface area contributed by atoms with Crippen molar-refractivity contribution in [1.29, 1.82) is 0 Å². The summed E-state index contributed by atoms with van der Waals surface area (Å²) < 4.78 is 13.4. The molecule has 0 unspecified atom stereocenters. The molecular weight excluding hydrogens is 273 g/mol. The van der Waals surface area contributed by atoms with Gasteiger partial charge < -0.3 is 4.90 Å². The molecule has 0 N–H and O–H groups in total. The normalized spacial score (nSPS) is 15.7. The summed E-state index contributed by atoms with van der Waals surface area (Å²) in [5.41, 5.74) is 0.530. The molecule has 0 heterocycles. The van der Waals surface area contributed by atoms with E-state index in [-0.39, 0.29) is 11.7 Å². The lowest BCUT2D eigenvalue weighted by Crippen LogP contribution is -2.41. The van der Waals surface area contributed by atoms with Gasteiger partial charge in [-0.25, -0.2) is 4.39 Å². The summed E-state index contributed by atoms with van der Waals surface area (Å²) in [6, 6.07) is 4.73. The van der Waals surface area contributed by atoms with Crippen LogP contribution in [0, 0.1) is 5.82 Å². The number of rotatable bonds is 2. The minimum Gasteiger partial charge on any atom is -0.339 e. The van der Waals surface area contributed by atoms with E-state index in [0.29, 0.717) is 16.1 Å². The minimum atomic E-state index is -0.345. The molecule has 1 fully saturated rings. The van der Waals surface area contributed by atoms with E-state index in [9.17, 15) is 9.18 Å². The Morgan fingerprint density at radius 2 is 2.19 bits per heavy atom. The fourth-order valence-electron chi connectivity index (χ4n) is 1.77. The largest absolute Gasteiger partial charge is 0.339 e. The first-order valence-electron chi connectivity index (χ1n) is 5.32. The predicted octanol–water partition coefficient (Wildman–Crippen LogP) is 3.21. The summed E-state index contributed by atoms with van der Waals surface area (Å²) in [7, 11) is 1.81. The van der Waals surface area contributed by atoms with E-state index in [4.69, 9.17) is 0 Å². The summed E-state index contributed by atoms with van der Waals surface area (Å²) in [5.74, 6) is -0.381. The van der Waals surface area contributed by atoms with Crippen molar-refractivity contribution in [2.75, 3.05) is 7.05 Å². The molecule has 1 aliphatic rings. The molecule has 4 heteroatoms. The lowest BCUT2D eigenvalue weighted by atomic mass is 9.91. The van der Waals surface area contributed by atoms with Crippen LogP contribution >= 0.6 is 15.9 Å². The van der Waals surface area contributed by atoms with Crippen LogP contribution in [-0.4, -0.2) is 23.9 Å². The average molecular weight is 286 g/mol. The molecule has 1 aromatic carbocycles. The van der Waals surface area contributed by atoms with Crippen molar-refractivity contribution in [3.63, 3.8) is 0 Å². The van der Waals surface area contributed by atoms with Crippen LogP contribution in [0.25, 0.3) is 0 Å². The van der Waals surface area contributed by atoms with E-state index >= 15 is 0 Å². The second-order valence-corrected chi connectivity index (χ2v) is 4.98. The highest BCUT2D eigenvalue weighted by atomic mass is 79.9. The van der Waals surface area contributed by atoms with Crippen molar-refractivity contribution >= 4 is 21.8 Å². The number of halogens is 2. The zero-order chi connectivity index (χ0) is 11.7. The van der Waals surface area contributed by atoms with Gasteiger partial charge in [0.15, 0.2) is 0 Å². The molecule has 0 aliphatic heterocycles. The van der Waals surface area contributed by atoms with E-state index in [2.05, 4.69) is 15.9 Å². The van der Waals surface area contributed by atoms with Gasteiger partial charge in [-0.05, 0) is 53.4 Å². The molecule has 0 atom stereocenters. The molecule has 1 amide bonds. The third-order valence-corrected chi connectivity index (χ3v) is 3.72. The summed E-state index contributed by atoms with van der Waals surface area (Å²) in [5, 5.41) is 0. The molecule has 1 aromatic rings. The fourth-order valence-corrected chi connectivity index (χ4v) is 2.15. The van der Waals surface area contributed by atoms with Crippen LogP contribution < -0.4 is 0 Å². The van der Waals surface area contributed by atoms with Gasteiger partial charge in [0, 0.05) is 18.7 Å². The fraction of sp³-hybridized carbons (Fsp3) is 0.417. The van der Waals surface area contributed by atoms with Crippen molar-refractivity contribution in [3.8, 4) is 0 Å². The maximum Gasteiger partial charge on any atom is 0.253 e. The number of nitrogens with zero attached hydrogens (tertiary/aromatic N) is 1. The molecule has 0 spiro atoms. The van der Waals surface area contributed by atoms with Gasteiger partial charge in [-0.1, -0.05) is 0 Å². The maximum atomic E-state index is 13.0. The topological polar surface area (TPSA) is 20.3 Å². The van der Waals surface area contributed by atoms with E-state index in [1.165, 1.54) is 24.6 Å². The first kappa shape index (κ1) is 11.6. The van der Waals surface area contributed by atoms with E-state index < -0.39 is 0 Å². The Bertz CT molecular complexity index is 417. The highest BCUT2D eigenvalue weighted by molar-refractivity contribution is 9.10. The zero-order valence-electron chi connectivity index (χ0n) is 9.04. The van der Waals surface area contributed by atoms with E-state index in [1.54, 1.807) is 4.90 Å². The van der Waals surface area contributed by atoms with Crippen molar-refractivity contribution in [2.45, 2.75) is 25.3 Å². The van der Waals surface area contributed by atoms with Crippen LogP contribution in [-0.2, 0) is 0 Å². The van der Waals surface area contributed by atoms with Crippen molar-refractivity contribution in [1.82, 2.24) is 4.90 Å². The summed E-state index contributed by atoms with van der Waals surface area (Å²) in [4.78, 5) is 13.8. The quantitative estimate of drug-likeness (QED) is 0.817. The van der Waals surface area contributed by atoms with Gasteiger partial charge in [0.05, 0.1) is 4.47 Å². The first-order chi connectivity index (χ1) is 7.59. The van der Waals surface area contributed by atoms with Crippen LogP contribution in [0.5, 0.6) is 0 Å². The Kier molecular flexibility index (Phi) is 3.28. The van der Waals surface area contributed by atoms with Gasteiger partial charge in [0.2, 0.25) is 0 Å². The van der Waals surface area contributed by atoms with Gasteiger partial charge in [-0.3, -0.25) is 4.79 Å². The van der Waals surface area contributed by atoms with Crippen molar-refractivity contribution < 1.29 is 9.18 Å². The molecule has 0 saturated heterocycles. The van der Waals surface area contributed by atoms with Gasteiger partial charge in [0.25, 0.3) is 5.91 Å². The van der Waals surface area contributed by atoms with Gasteiger partial charge in [0.1, 0.15) is 5.82 Å². The Morgan fingerprint density at radius 3 is 2.69 bits per heavy atom. The number of hydrogen-bond donors (Lipinski definition) is 0. The van der Waals surface area contributed by atoms with Gasteiger partial charge >= 0.3 is 0 Å². The first-order valence-corrected chi connectivity index (χ1v) is 6.11. The summed E-state index contributed by atoms with van der Waals surface area (Å²) >= 11 is 3.09. The van der Waals surface area contributed by atoms with Crippen LogP contribution in [0.1, 0.15) is 29.6 Å². The van der Waals surface area contributed by atoms with E-state index in [1.807, 2.05) is 7.05 Å². The van der Waals surface area contributed by atoms with Crippen molar-refractivity contribution in [2.24, 2.45) is 0 Å². The van der Waals surface area contributed by atoms with Crippen molar-refractivity contribution in [3.05, 3.63) is 34.1 Å².